The molecule has 0 bridgehead atoms. The van der Waals surface area contributed by atoms with Crippen molar-refractivity contribution in [2.75, 3.05) is 0 Å². The van der Waals surface area contributed by atoms with Crippen LogP contribution >= 0.6 is 34.8 Å². The van der Waals surface area contributed by atoms with Crippen molar-refractivity contribution < 1.29 is 0 Å². The summed E-state index contributed by atoms with van der Waals surface area (Å²) in [6.45, 7) is 0. The lowest BCUT2D eigenvalue weighted by molar-refractivity contribution is 1.08. The zero-order valence-corrected chi connectivity index (χ0v) is 11.4. The summed E-state index contributed by atoms with van der Waals surface area (Å²) in [6, 6.07) is 9.37. The number of hydrogen-bond donors (Lipinski definition) is 2. The average molecular weight is 355 g/mol. The van der Waals surface area contributed by atoms with Crippen LogP contribution in [0.4, 0.5) is 0 Å². The van der Waals surface area contributed by atoms with Crippen molar-refractivity contribution in [1.82, 2.24) is 9.97 Å². The number of benzene rings is 1. The van der Waals surface area contributed by atoms with Crippen LogP contribution in [-0.2, 0) is 0 Å². The minimum Gasteiger partial charge on any atom is -0.331 e. The number of aromatic nitrogens is 2. The van der Waals surface area contributed by atoms with E-state index in [9.17, 15) is 4.79 Å². The van der Waals surface area contributed by atoms with Gasteiger partial charge in [-0.2, -0.15) is 5.26 Å². The summed E-state index contributed by atoms with van der Waals surface area (Å²) in [7, 11) is 0. The van der Waals surface area contributed by atoms with Gasteiger partial charge in [0, 0.05) is 9.13 Å². The Labute approximate surface area is 115 Å². The number of hydrogen-bond acceptors (Lipinski definition) is 3. The van der Waals surface area contributed by atoms with E-state index < -0.39 is 5.56 Å². The first-order valence-corrected chi connectivity index (χ1v) is 6.13. The summed E-state index contributed by atoms with van der Waals surface area (Å²) < 4.78 is 1.23. The van der Waals surface area contributed by atoms with Crippen LogP contribution in [0.3, 0.4) is 0 Å². The van der Waals surface area contributed by atoms with Gasteiger partial charge in [0.05, 0.1) is 5.69 Å². The van der Waals surface area contributed by atoms with Crippen LogP contribution in [0.1, 0.15) is 5.56 Å². The third kappa shape index (κ3) is 2.45. The molecule has 2 aromatic rings. The molecule has 4 nitrogen and oxygen atoms in total. The highest BCUT2D eigenvalue weighted by Gasteiger charge is 2.09. The standard InChI is InChI=1S/C11H6IN3OS/c12-7-3-1-2-6(4-7)9-8(5-13)10(16)15-11(17)14-9/h1-4H,(H2,14,15,16,17). The molecule has 1 heterocycles. The molecule has 0 saturated carbocycles. The Balaban J connectivity index is 2.80. The van der Waals surface area contributed by atoms with Crippen molar-refractivity contribution >= 4 is 34.8 Å². The minimum absolute atomic E-state index is 0.0422. The van der Waals surface area contributed by atoms with Crippen LogP contribution in [0.15, 0.2) is 29.1 Å². The van der Waals surface area contributed by atoms with E-state index in [-0.39, 0.29) is 10.3 Å². The quantitative estimate of drug-likeness (QED) is 0.610. The summed E-state index contributed by atoms with van der Waals surface area (Å²) in [4.78, 5) is 16.8. The van der Waals surface area contributed by atoms with Crippen molar-refractivity contribution in [3.8, 4) is 17.3 Å². The molecule has 17 heavy (non-hydrogen) atoms. The van der Waals surface area contributed by atoms with Gasteiger partial charge < -0.3 is 4.98 Å². The summed E-state index contributed by atoms with van der Waals surface area (Å²) in [5.74, 6) is 0. The number of H-pyrrole nitrogens is 2. The van der Waals surface area contributed by atoms with E-state index in [1.807, 2.05) is 30.3 Å². The molecule has 0 atom stereocenters. The molecular formula is C11H6IN3OS. The Morgan fingerprint density at radius 2 is 2.12 bits per heavy atom. The normalized spacial score (nSPS) is 9.88. The Kier molecular flexibility index (Phi) is 3.40. The second kappa shape index (κ2) is 4.81. The third-order valence-electron chi connectivity index (χ3n) is 2.17. The highest BCUT2D eigenvalue weighted by atomic mass is 127. The van der Waals surface area contributed by atoms with Crippen molar-refractivity contribution in [3.63, 3.8) is 0 Å². The molecular weight excluding hydrogens is 349 g/mol. The molecule has 0 aliphatic heterocycles. The molecule has 6 heteroatoms. The molecule has 2 rings (SSSR count). The molecule has 0 spiro atoms. The molecule has 0 saturated heterocycles. The van der Waals surface area contributed by atoms with Crippen molar-refractivity contribution in [1.29, 1.82) is 5.26 Å². The maximum atomic E-state index is 11.6. The fourth-order valence-electron chi connectivity index (χ4n) is 1.45. The number of nitrogens with one attached hydrogen (secondary N) is 2. The Morgan fingerprint density at radius 3 is 2.76 bits per heavy atom. The predicted molar refractivity (Wildman–Crippen MR) is 75.1 cm³/mol. The first-order chi connectivity index (χ1) is 8.11. The monoisotopic (exact) mass is 355 g/mol. The van der Waals surface area contributed by atoms with Crippen LogP contribution in [0.5, 0.6) is 0 Å². The fourth-order valence-corrected chi connectivity index (χ4v) is 2.19. The van der Waals surface area contributed by atoms with E-state index in [2.05, 4.69) is 32.6 Å². The minimum atomic E-state index is -0.467. The molecule has 0 radical (unpaired) electrons. The van der Waals surface area contributed by atoms with E-state index in [1.54, 1.807) is 0 Å². The Hall–Kier alpha value is -1.46. The van der Waals surface area contributed by atoms with Crippen molar-refractivity contribution in [2.24, 2.45) is 0 Å². The van der Waals surface area contributed by atoms with E-state index in [0.717, 1.165) is 9.13 Å². The number of aromatic amines is 2. The van der Waals surface area contributed by atoms with Gasteiger partial charge in [0.25, 0.3) is 5.56 Å². The van der Waals surface area contributed by atoms with E-state index >= 15 is 0 Å². The van der Waals surface area contributed by atoms with Gasteiger partial charge in [0.1, 0.15) is 11.6 Å². The van der Waals surface area contributed by atoms with Crippen LogP contribution in [-0.4, -0.2) is 9.97 Å². The summed E-state index contributed by atoms with van der Waals surface area (Å²) in [6.07, 6.45) is 0. The third-order valence-corrected chi connectivity index (χ3v) is 3.04. The summed E-state index contributed by atoms with van der Waals surface area (Å²) in [5, 5.41) is 8.99. The number of rotatable bonds is 1. The second-order valence-electron chi connectivity index (χ2n) is 3.28. The van der Waals surface area contributed by atoms with Gasteiger partial charge >= 0.3 is 0 Å². The number of nitrogens with zero attached hydrogens (tertiary/aromatic N) is 1. The molecule has 84 valence electrons. The summed E-state index contributed by atoms with van der Waals surface area (Å²) in [5.41, 5.74) is 0.802. The highest BCUT2D eigenvalue weighted by molar-refractivity contribution is 14.1. The molecule has 0 aliphatic carbocycles. The van der Waals surface area contributed by atoms with Gasteiger partial charge in [-0.3, -0.25) is 9.78 Å². The molecule has 1 aromatic carbocycles. The maximum Gasteiger partial charge on any atom is 0.270 e. The summed E-state index contributed by atoms with van der Waals surface area (Å²) >= 11 is 7.07. The van der Waals surface area contributed by atoms with Crippen LogP contribution in [0, 0.1) is 19.7 Å². The first kappa shape index (κ1) is 12.0. The van der Waals surface area contributed by atoms with Gasteiger partial charge in [-0.25, -0.2) is 0 Å². The topological polar surface area (TPSA) is 72.4 Å². The lowest BCUT2D eigenvalue weighted by atomic mass is 10.1. The molecule has 1 aromatic heterocycles. The number of nitriles is 1. The van der Waals surface area contributed by atoms with Gasteiger partial charge in [-0.1, -0.05) is 12.1 Å². The smallest absolute Gasteiger partial charge is 0.270 e. The van der Waals surface area contributed by atoms with Crippen LogP contribution in [0.2, 0.25) is 0 Å². The molecule has 0 amide bonds. The largest absolute Gasteiger partial charge is 0.331 e. The second-order valence-corrected chi connectivity index (χ2v) is 4.93. The number of halogens is 1. The van der Waals surface area contributed by atoms with Crippen LogP contribution < -0.4 is 5.56 Å². The highest BCUT2D eigenvalue weighted by Crippen LogP contribution is 2.20. The van der Waals surface area contributed by atoms with Crippen molar-refractivity contribution in [2.45, 2.75) is 0 Å². The van der Waals surface area contributed by atoms with Gasteiger partial charge in [-0.15, -0.1) is 0 Å². The lowest BCUT2D eigenvalue weighted by Crippen LogP contribution is -2.13. The molecule has 0 aliphatic rings. The van der Waals surface area contributed by atoms with Gasteiger partial charge in [-0.05, 0) is 46.9 Å². The molecule has 0 unspecified atom stereocenters. The average Bonchev–Trinajstić information content (AvgIpc) is 2.28. The van der Waals surface area contributed by atoms with Gasteiger partial charge in [0.2, 0.25) is 0 Å². The van der Waals surface area contributed by atoms with Gasteiger partial charge in [0.15, 0.2) is 4.77 Å². The Bertz CT molecular complexity index is 726. The van der Waals surface area contributed by atoms with E-state index in [4.69, 9.17) is 17.5 Å². The zero-order valence-electron chi connectivity index (χ0n) is 8.45. The first-order valence-electron chi connectivity index (χ1n) is 4.64. The zero-order chi connectivity index (χ0) is 12.4. The van der Waals surface area contributed by atoms with E-state index in [0.29, 0.717) is 5.69 Å². The molecule has 2 N–H and O–H groups in total. The van der Waals surface area contributed by atoms with Crippen LogP contribution in [0.25, 0.3) is 11.3 Å². The lowest BCUT2D eigenvalue weighted by Gasteiger charge is -2.04. The van der Waals surface area contributed by atoms with E-state index in [1.165, 1.54) is 0 Å². The maximum absolute atomic E-state index is 11.6. The fraction of sp³-hybridized carbons (Fsp3) is 0. The molecule has 0 fully saturated rings. The predicted octanol–water partition coefficient (Wildman–Crippen LogP) is 2.58. The SMILES string of the molecule is N#Cc1c(-c2cccc(I)c2)[nH]c(=S)[nH]c1=O. The Morgan fingerprint density at radius 1 is 1.35 bits per heavy atom. The van der Waals surface area contributed by atoms with Crippen molar-refractivity contribution in [3.05, 3.63) is 48.5 Å².